The van der Waals surface area contributed by atoms with Gasteiger partial charge in [0.25, 0.3) is 0 Å². The largest absolute Gasteiger partial charge is 0.0654 e. The molecule has 0 heterocycles. The molecular weight excluding hydrogens is 528 g/mol. The van der Waals surface area contributed by atoms with Gasteiger partial charge in [-0.15, -0.1) is 0 Å². The normalized spacial score (nSPS) is 11.4. The zero-order valence-corrected chi connectivity index (χ0v) is 29.8. The molecule has 0 aliphatic rings. The third-order valence-corrected chi connectivity index (χ3v) is 9.88. The minimum absolute atomic E-state index is 1.23. The molecule has 0 saturated carbocycles. The first-order valence-corrected chi connectivity index (χ1v) is 20.0. The predicted octanol–water partition coefficient (Wildman–Crippen LogP) is 15.4. The Kier molecular flexibility index (Phi) is 25.4. The summed E-state index contributed by atoms with van der Waals surface area (Å²) in [4.78, 5) is 0. The zero-order valence-electron chi connectivity index (χ0n) is 29.8. The first-order valence-electron chi connectivity index (χ1n) is 20.0. The summed E-state index contributed by atoms with van der Waals surface area (Å²) < 4.78 is 0. The predicted molar refractivity (Wildman–Crippen MR) is 200 cm³/mol. The Hall–Kier alpha value is -1.56. The van der Waals surface area contributed by atoms with Crippen LogP contribution in [-0.4, -0.2) is 0 Å². The molecule has 0 radical (unpaired) electrons. The highest BCUT2D eigenvalue weighted by molar-refractivity contribution is 5.64. The fraction of sp³-hybridized carbons (Fsp3) is 0.727. The van der Waals surface area contributed by atoms with Crippen LogP contribution in [0.25, 0.3) is 11.1 Å². The molecule has 0 amide bonds. The summed E-state index contributed by atoms with van der Waals surface area (Å²) in [5, 5.41) is 0. The lowest BCUT2D eigenvalue weighted by atomic mass is 9.98. The van der Waals surface area contributed by atoms with Crippen molar-refractivity contribution in [3.05, 3.63) is 59.7 Å². The van der Waals surface area contributed by atoms with E-state index in [1.165, 1.54) is 215 Å². The summed E-state index contributed by atoms with van der Waals surface area (Å²) in [6, 6.07) is 18.8. The standard InChI is InChI=1S/C44H74/c1-3-5-7-9-11-13-15-17-19-21-23-25-27-29-31-41-33-37-43(38-34-41)44-39-35-42(36-40-44)32-30-28-26-24-22-20-18-16-14-12-10-8-6-4-2/h33-40H,3-32H2,1-2H3. The number of rotatable bonds is 31. The third-order valence-electron chi connectivity index (χ3n) is 9.88. The van der Waals surface area contributed by atoms with Crippen LogP contribution >= 0.6 is 0 Å². The van der Waals surface area contributed by atoms with E-state index in [9.17, 15) is 0 Å². The number of hydrogen-bond acceptors (Lipinski definition) is 0. The topological polar surface area (TPSA) is 0 Å². The maximum absolute atomic E-state index is 2.36. The second-order valence-corrected chi connectivity index (χ2v) is 14.1. The summed E-state index contributed by atoms with van der Waals surface area (Å²) in [5.74, 6) is 0. The molecule has 2 aromatic carbocycles. The second-order valence-electron chi connectivity index (χ2n) is 14.1. The molecule has 0 aliphatic carbocycles. The average molecular weight is 603 g/mol. The molecule has 0 saturated heterocycles. The van der Waals surface area contributed by atoms with Gasteiger partial charge in [0, 0.05) is 0 Å². The first kappa shape index (κ1) is 38.6. The highest BCUT2D eigenvalue weighted by Gasteiger charge is 2.01. The van der Waals surface area contributed by atoms with Crippen LogP contribution in [0.5, 0.6) is 0 Å². The fourth-order valence-corrected chi connectivity index (χ4v) is 6.78. The van der Waals surface area contributed by atoms with E-state index in [0.717, 1.165) is 0 Å². The number of aryl methyl sites for hydroxylation is 2. The average Bonchev–Trinajstić information content (AvgIpc) is 3.05. The van der Waals surface area contributed by atoms with Crippen molar-refractivity contribution in [2.24, 2.45) is 0 Å². The van der Waals surface area contributed by atoms with E-state index in [2.05, 4.69) is 62.4 Å². The van der Waals surface area contributed by atoms with Crippen molar-refractivity contribution in [1.82, 2.24) is 0 Å². The van der Waals surface area contributed by atoms with Crippen LogP contribution in [0.15, 0.2) is 48.5 Å². The fourth-order valence-electron chi connectivity index (χ4n) is 6.78. The summed E-state index contributed by atoms with van der Waals surface area (Å²) in [6.45, 7) is 4.61. The molecular formula is C44H74. The number of hydrogen-bond donors (Lipinski definition) is 0. The van der Waals surface area contributed by atoms with Gasteiger partial charge in [-0.2, -0.15) is 0 Å². The van der Waals surface area contributed by atoms with E-state index in [-0.39, 0.29) is 0 Å². The van der Waals surface area contributed by atoms with Gasteiger partial charge < -0.3 is 0 Å². The van der Waals surface area contributed by atoms with Crippen LogP contribution in [0, 0.1) is 0 Å². The Morgan fingerprint density at radius 2 is 0.455 bits per heavy atom. The molecule has 0 atom stereocenters. The smallest absolute Gasteiger partial charge is 0.0184 e. The van der Waals surface area contributed by atoms with Crippen molar-refractivity contribution in [1.29, 1.82) is 0 Å². The van der Waals surface area contributed by atoms with Crippen LogP contribution in [0.2, 0.25) is 0 Å². The minimum atomic E-state index is 1.23. The van der Waals surface area contributed by atoms with Crippen molar-refractivity contribution < 1.29 is 0 Å². The van der Waals surface area contributed by atoms with E-state index >= 15 is 0 Å². The van der Waals surface area contributed by atoms with Crippen molar-refractivity contribution in [2.75, 3.05) is 0 Å². The van der Waals surface area contributed by atoms with Crippen LogP contribution in [0.3, 0.4) is 0 Å². The van der Waals surface area contributed by atoms with Crippen LogP contribution in [0.4, 0.5) is 0 Å². The van der Waals surface area contributed by atoms with Gasteiger partial charge in [0.15, 0.2) is 0 Å². The lowest BCUT2D eigenvalue weighted by Gasteiger charge is -2.07. The highest BCUT2D eigenvalue weighted by atomic mass is 14.1. The van der Waals surface area contributed by atoms with Gasteiger partial charge in [0.1, 0.15) is 0 Å². The van der Waals surface area contributed by atoms with Gasteiger partial charge in [-0.05, 0) is 47.9 Å². The SMILES string of the molecule is CCCCCCCCCCCCCCCCc1ccc(-c2ccc(CCCCCCCCCCCCCCCC)cc2)cc1. The lowest BCUT2D eigenvalue weighted by molar-refractivity contribution is 0.535. The van der Waals surface area contributed by atoms with Crippen molar-refractivity contribution in [2.45, 2.75) is 206 Å². The Morgan fingerprint density at radius 1 is 0.250 bits per heavy atom. The first-order chi connectivity index (χ1) is 21.8. The molecule has 0 aliphatic heterocycles. The van der Waals surface area contributed by atoms with Gasteiger partial charge >= 0.3 is 0 Å². The molecule has 0 fully saturated rings. The van der Waals surface area contributed by atoms with E-state index < -0.39 is 0 Å². The maximum atomic E-state index is 2.36. The molecule has 0 bridgehead atoms. The summed E-state index contributed by atoms with van der Waals surface area (Å²) in [7, 11) is 0. The Bertz CT molecular complexity index is 771. The van der Waals surface area contributed by atoms with E-state index in [1.54, 1.807) is 0 Å². The van der Waals surface area contributed by atoms with Crippen molar-refractivity contribution in [3.8, 4) is 11.1 Å². The number of benzene rings is 2. The molecule has 0 N–H and O–H groups in total. The molecule has 0 spiro atoms. The van der Waals surface area contributed by atoms with Crippen molar-refractivity contribution in [3.63, 3.8) is 0 Å². The molecule has 0 nitrogen and oxygen atoms in total. The molecule has 250 valence electrons. The maximum Gasteiger partial charge on any atom is -0.0184 e. The van der Waals surface area contributed by atoms with Crippen LogP contribution in [0.1, 0.15) is 205 Å². The zero-order chi connectivity index (χ0) is 31.2. The molecule has 44 heavy (non-hydrogen) atoms. The highest BCUT2D eigenvalue weighted by Crippen LogP contribution is 2.22. The molecule has 2 aromatic rings. The van der Waals surface area contributed by atoms with Gasteiger partial charge in [-0.3, -0.25) is 0 Å². The van der Waals surface area contributed by atoms with E-state index in [1.807, 2.05) is 0 Å². The second kappa shape index (κ2) is 28.9. The Morgan fingerprint density at radius 3 is 0.682 bits per heavy atom. The molecule has 2 rings (SSSR count). The Labute approximate surface area is 276 Å². The molecule has 0 unspecified atom stereocenters. The lowest BCUT2D eigenvalue weighted by Crippen LogP contribution is -1.89. The van der Waals surface area contributed by atoms with E-state index in [4.69, 9.17) is 0 Å². The van der Waals surface area contributed by atoms with Gasteiger partial charge in [0.05, 0.1) is 0 Å². The van der Waals surface area contributed by atoms with Crippen molar-refractivity contribution >= 4 is 0 Å². The monoisotopic (exact) mass is 603 g/mol. The van der Waals surface area contributed by atoms with Gasteiger partial charge in [-0.1, -0.05) is 229 Å². The van der Waals surface area contributed by atoms with E-state index in [0.29, 0.717) is 0 Å². The molecule has 0 heteroatoms. The summed E-state index contributed by atoms with van der Waals surface area (Å²) >= 11 is 0. The summed E-state index contributed by atoms with van der Waals surface area (Å²) in [5.41, 5.74) is 5.72. The number of unbranched alkanes of at least 4 members (excludes halogenated alkanes) is 26. The van der Waals surface area contributed by atoms with Crippen LogP contribution in [-0.2, 0) is 12.8 Å². The molecule has 0 aromatic heterocycles. The van der Waals surface area contributed by atoms with Crippen LogP contribution < -0.4 is 0 Å². The van der Waals surface area contributed by atoms with Gasteiger partial charge in [-0.25, -0.2) is 0 Å². The third kappa shape index (κ3) is 21.2. The quantitative estimate of drug-likeness (QED) is 0.0753. The summed E-state index contributed by atoms with van der Waals surface area (Å²) in [6.07, 6.45) is 42.6. The minimum Gasteiger partial charge on any atom is -0.0654 e. The Balaban J connectivity index is 1.43. The van der Waals surface area contributed by atoms with Gasteiger partial charge in [0.2, 0.25) is 0 Å².